The van der Waals surface area contributed by atoms with Crippen LogP contribution in [0.3, 0.4) is 0 Å². The molecule has 3 nitrogen and oxygen atoms in total. The van der Waals surface area contributed by atoms with Gasteiger partial charge >= 0.3 is 0 Å². The molecule has 1 heterocycles. The molecule has 1 atom stereocenters. The summed E-state index contributed by atoms with van der Waals surface area (Å²) in [7, 11) is 0. The lowest BCUT2D eigenvalue weighted by atomic mass is 10.0. The number of morpholine rings is 1. The van der Waals surface area contributed by atoms with E-state index in [1.54, 1.807) is 0 Å². The van der Waals surface area contributed by atoms with Crippen LogP contribution in [0.15, 0.2) is 24.3 Å². The summed E-state index contributed by atoms with van der Waals surface area (Å²) in [6, 6.07) is 8.34. The minimum atomic E-state index is 0.0397. The van der Waals surface area contributed by atoms with E-state index in [9.17, 15) is 0 Å². The number of hydrogen-bond acceptors (Lipinski definition) is 3. The van der Waals surface area contributed by atoms with Gasteiger partial charge in [0.05, 0.1) is 19.3 Å². The Balaban J connectivity index is 1.88. The van der Waals surface area contributed by atoms with E-state index >= 15 is 0 Å². The Hall–Kier alpha value is -1.06. The van der Waals surface area contributed by atoms with Gasteiger partial charge in [-0.2, -0.15) is 0 Å². The van der Waals surface area contributed by atoms with Gasteiger partial charge in [-0.05, 0) is 32.4 Å². The minimum absolute atomic E-state index is 0.0397. The van der Waals surface area contributed by atoms with Crippen molar-refractivity contribution in [1.29, 1.82) is 0 Å². The average Bonchev–Trinajstić information content (AvgIpc) is 2.27. The Labute approximate surface area is 103 Å². The molecule has 1 aliphatic heterocycles. The summed E-state index contributed by atoms with van der Waals surface area (Å²) in [5.74, 6) is 0.956. The third-order valence-electron chi connectivity index (χ3n) is 2.91. The van der Waals surface area contributed by atoms with E-state index in [-0.39, 0.29) is 11.6 Å². The first-order valence-electron chi connectivity index (χ1n) is 6.11. The minimum Gasteiger partial charge on any atom is -0.492 e. The maximum absolute atomic E-state index is 5.83. The van der Waals surface area contributed by atoms with Crippen molar-refractivity contribution in [2.24, 2.45) is 0 Å². The summed E-state index contributed by atoms with van der Waals surface area (Å²) in [4.78, 5) is 0. The number of ether oxygens (including phenoxy) is 2. The van der Waals surface area contributed by atoms with E-state index in [1.807, 2.05) is 18.2 Å². The fourth-order valence-electron chi connectivity index (χ4n) is 2.09. The Morgan fingerprint density at radius 1 is 1.41 bits per heavy atom. The molecular weight excluding hydrogens is 214 g/mol. The van der Waals surface area contributed by atoms with Gasteiger partial charge in [-0.1, -0.05) is 18.2 Å². The van der Waals surface area contributed by atoms with Gasteiger partial charge in [-0.3, -0.25) is 0 Å². The van der Waals surface area contributed by atoms with Crippen LogP contribution in [0.1, 0.15) is 19.4 Å². The van der Waals surface area contributed by atoms with Gasteiger partial charge in [0.2, 0.25) is 0 Å². The van der Waals surface area contributed by atoms with Crippen molar-refractivity contribution in [2.45, 2.75) is 32.4 Å². The molecule has 94 valence electrons. The number of para-hydroxylation sites is 1. The molecule has 1 unspecified atom stereocenters. The average molecular weight is 235 g/mol. The molecule has 0 radical (unpaired) electrons. The van der Waals surface area contributed by atoms with Crippen LogP contribution >= 0.6 is 0 Å². The molecule has 0 aliphatic carbocycles. The fraction of sp³-hybridized carbons (Fsp3) is 0.571. The largest absolute Gasteiger partial charge is 0.492 e. The molecule has 0 aromatic heterocycles. The van der Waals surface area contributed by atoms with Gasteiger partial charge in [0.15, 0.2) is 0 Å². The summed E-state index contributed by atoms with van der Waals surface area (Å²) in [6.45, 7) is 8.47. The molecule has 1 saturated heterocycles. The maximum Gasteiger partial charge on any atom is 0.122 e. The first-order chi connectivity index (χ1) is 8.07. The summed E-state index contributed by atoms with van der Waals surface area (Å²) < 4.78 is 11.4. The van der Waals surface area contributed by atoms with Crippen LogP contribution in [-0.4, -0.2) is 31.4 Å². The smallest absolute Gasteiger partial charge is 0.122 e. The van der Waals surface area contributed by atoms with Gasteiger partial charge in [-0.15, -0.1) is 0 Å². The van der Waals surface area contributed by atoms with Crippen LogP contribution in [0, 0.1) is 6.92 Å². The highest BCUT2D eigenvalue weighted by Crippen LogP contribution is 2.17. The first kappa shape index (κ1) is 12.4. The van der Waals surface area contributed by atoms with E-state index in [4.69, 9.17) is 9.47 Å². The molecule has 3 heteroatoms. The number of aryl methyl sites for hydroxylation is 1. The fourth-order valence-corrected chi connectivity index (χ4v) is 2.09. The van der Waals surface area contributed by atoms with Crippen molar-refractivity contribution in [3.63, 3.8) is 0 Å². The number of rotatable bonds is 3. The zero-order valence-corrected chi connectivity index (χ0v) is 10.8. The highest BCUT2D eigenvalue weighted by molar-refractivity contribution is 5.31. The third kappa shape index (κ3) is 3.45. The van der Waals surface area contributed by atoms with Crippen LogP contribution in [0.25, 0.3) is 0 Å². The number of nitrogens with one attached hydrogen (secondary N) is 1. The second kappa shape index (κ2) is 5.07. The summed E-state index contributed by atoms with van der Waals surface area (Å²) in [5.41, 5.74) is 1.21. The lowest BCUT2D eigenvalue weighted by Crippen LogP contribution is -2.57. The van der Waals surface area contributed by atoms with Crippen LogP contribution in [-0.2, 0) is 4.74 Å². The Morgan fingerprint density at radius 2 is 2.18 bits per heavy atom. The van der Waals surface area contributed by atoms with Crippen LogP contribution in [0.5, 0.6) is 5.75 Å². The zero-order chi connectivity index (χ0) is 12.3. The Morgan fingerprint density at radius 3 is 2.88 bits per heavy atom. The van der Waals surface area contributed by atoms with Gasteiger partial charge < -0.3 is 14.8 Å². The second-order valence-corrected chi connectivity index (χ2v) is 5.32. The molecule has 1 aromatic carbocycles. The molecule has 1 N–H and O–H groups in total. The highest BCUT2D eigenvalue weighted by atomic mass is 16.5. The molecule has 17 heavy (non-hydrogen) atoms. The van der Waals surface area contributed by atoms with Gasteiger partial charge in [-0.25, -0.2) is 0 Å². The Kier molecular flexibility index (Phi) is 3.69. The molecule has 0 saturated carbocycles. The van der Waals surface area contributed by atoms with Crippen molar-refractivity contribution >= 4 is 0 Å². The first-order valence-corrected chi connectivity index (χ1v) is 6.11. The normalized spacial score (nSPS) is 23.4. The van der Waals surface area contributed by atoms with E-state index in [1.165, 1.54) is 5.56 Å². The molecule has 2 rings (SSSR count). The molecule has 0 bridgehead atoms. The van der Waals surface area contributed by atoms with Gasteiger partial charge in [0.25, 0.3) is 0 Å². The van der Waals surface area contributed by atoms with Crippen molar-refractivity contribution < 1.29 is 9.47 Å². The van der Waals surface area contributed by atoms with E-state index in [2.05, 4.69) is 32.2 Å². The Bertz CT molecular complexity index is 376. The van der Waals surface area contributed by atoms with E-state index in [0.29, 0.717) is 6.61 Å². The summed E-state index contributed by atoms with van der Waals surface area (Å²) in [5, 5.41) is 3.53. The summed E-state index contributed by atoms with van der Waals surface area (Å²) >= 11 is 0. The van der Waals surface area contributed by atoms with Crippen molar-refractivity contribution in [1.82, 2.24) is 5.32 Å². The maximum atomic E-state index is 5.83. The zero-order valence-electron chi connectivity index (χ0n) is 10.8. The molecule has 0 amide bonds. The number of hydrogen-bond donors (Lipinski definition) is 1. The standard InChI is InChI=1S/C14H21NO2/c1-11-6-4-5-7-13(11)17-9-12-8-16-10-14(2,3)15-12/h4-7,12,15H,8-10H2,1-3H3. The second-order valence-electron chi connectivity index (χ2n) is 5.32. The van der Waals surface area contributed by atoms with Crippen LogP contribution in [0.2, 0.25) is 0 Å². The van der Waals surface area contributed by atoms with Crippen molar-refractivity contribution in [3.05, 3.63) is 29.8 Å². The molecule has 1 aliphatic rings. The SMILES string of the molecule is Cc1ccccc1OCC1COCC(C)(C)N1. The van der Waals surface area contributed by atoms with Crippen molar-refractivity contribution in [3.8, 4) is 5.75 Å². The van der Waals surface area contributed by atoms with Gasteiger partial charge in [0.1, 0.15) is 12.4 Å². The highest BCUT2D eigenvalue weighted by Gasteiger charge is 2.27. The predicted octanol–water partition coefficient (Wildman–Crippen LogP) is 2.14. The molecular formula is C14H21NO2. The van der Waals surface area contributed by atoms with Crippen LogP contribution < -0.4 is 10.1 Å². The quantitative estimate of drug-likeness (QED) is 0.870. The topological polar surface area (TPSA) is 30.5 Å². The molecule has 1 aromatic rings. The molecule has 1 fully saturated rings. The summed E-state index contributed by atoms with van der Waals surface area (Å²) in [6.07, 6.45) is 0. The monoisotopic (exact) mass is 235 g/mol. The van der Waals surface area contributed by atoms with E-state index < -0.39 is 0 Å². The van der Waals surface area contributed by atoms with Crippen LogP contribution in [0.4, 0.5) is 0 Å². The lowest BCUT2D eigenvalue weighted by molar-refractivity contribution is 0.000885. The lowest BCUT2D eigenvalue weighted by Gasteiger charge is -2.36. The van der Waals surface area contributed by atoms with E-state index in [0.717, 1.165) is 19.0 Å². The van der Waals surface area contributed by atoms with Gasteiger partial charge in [0, 0.05) is 5.54 Å². The predicted molar refractivity (Wildman–Crippen MR) is 68.5 cm³/mol. The van der Waals surface area contributed by atoms with Crippen molar-refractivity contribution in [2.75, 3.05) is 19.8 Å². The number of benzene rings is 1. The third-order valence-corrected chi connectivity index (χ3v) is 2.91. The molecule has 0 spiro atoms.